The smallest absolute Gasteiger partial charge is 0.318 e. The van der Waals surface area contributed by atoms with Gasteiger partial charge in [-0.2, -0.15) is 0 Å². The van der Waals surface area contributed by atoms with Crippen molar-refractivity contribution in [2.75, 3.05) is 18.9 Å². The van der Waals surface area contributed by atoms with Crippen molar-refractivity contribution >= 4 is 16.0 Å². The van der Waals surface area contributed by atoms with Crippen molar-refractivity contribution < 1.29 is 23.1 Å². The second-order valence-corrected chi connectivity index (χ2v) is 6.69. The Balaban J connectivity index is 2.24. The molecule has 1 saturated carbocycles. The molecular weight excluding hydrogens is 258 g/mol. The van der Waals surface area contributed by atoms with Crippen LogP contribution in [0, 0.1) is 5.92 Å². The van der Waals surface area contributed by atoms with E-state index in [2.05, 4.69) is 0 Å². The van der Waals surface area contributed by atoms with Gasteiger partial charge in [0.25, 0.3) is 0 Å². The highest BCUT2D eigenvalue weighted by molar-refractivity contribution is 7.89. The molecule has 0 amide bonds. The van der Waals surface area contributed by atoms with E-state index in [0.717, 1.165) is 12.8 Å². The standard InChI is InChI=1S/C11H21NO5S/c1-9(7-17-10-4-2-3-5-10)8-18(15,16)12-6-11(13)14/h9-10,12H,2-8H2,1H3,(H,13,14). The van der Waals surface area contributed by atoms with Gasteiger partial charge in [0, 0.05) is 0 Å². The number of sulfonamides is 1. The van der Waals surface area contributed by atoms with E-state index < -0.39 is 22.5 Å². The van der Waals surface area contributed by atoms with Gasteiger partial charge in [-0.3, -0.25) is 4.79 Å². The normalized spacial score (nSPS) is 18.9. The predicted molar refractivity (Wildman–Crippen MR) is 66.8 cm³/mol. The number of nitrogens with one attached hydrogen (secondary N) is 1. The Kier molecular flexibility index (Phi) is 6.04. The zero-order valence-corrected chi connectivity index (χ0v) is 11.4. The minimum absolute atomic E-state index is 0.104. The molecule has 1 aliphatic carbocycles. The van der Waals surface area contributed by atoms with Crippen molar-refractivity contribution in [1.29, 1.82) is 0 Å². The van der Waals surface area contributed by atoms with Crippen LogP contribution in [0.4, 0.5) is 0 Å². The van der Waals surface area contributed by atoms with Crippen LogP contribution in [-0.4, -0.2) is 44.5 Å². The molecule has 0 aliphatic heterocycles. The minimum Gasteiger partial charge on any atom is -0.480 e. The van der Waals surface area contributed by atoms with Crippen molar-refractivity contribution in [1.82, 2.24) is 4.72 Å². The largest absolute Gasteiger partial charge is 0.480 e. The van der Waals surface area contributed by atoms with Crippen molar-refractivity contribution in [3.05, 3.63) is 0 Å². The number of carboxylic acid groups (broad SMARTS) is 1. The molecule has 1 aliphatic rings. The lowest BCUT2D eigenvalue weighted by atomic mass is 10.2. The number of carboxylic acids is 1. The van der Waals surface area contributed by atoms with E-state index in [0.29, 0.717) is 6.61 Å². The molecule has 6 nitrogen and oxygen atoms in total. The lowest BCUT2D eigenvalue weighted by Gasteiger charge is -2.16. The lowest BCUT2D eigenvalue weighted by molar-refractivity contribution is -0.135. The summed E-state index contributed by atoms with van der Waals surface area (Å²) in [5.74, 6) is -1.43. The molecule has 18 heavy (non-hydrogen) atoms. The third kappa shape index (κ3) is 6.32. The number of hydrogen-bond donors (Lipinski definition) is 2. The SMILES string of the molecule is CC(COC1CCCC1)CS(=O)(=O)NCC(=O)O. The van der Waals surface area contributed by atoms with Crippen molar-refractivity contribution in [2.24, 2.45) is 5.92 Å². The second kappa shape index (κ2) is 7.06. The van der Waals surface area contributed by atoms with E-state index in [1.807, 2.05) is 4.72 Å². The van der Waals surface area contributed by atoms with E-state index in [1.165, 1.54) is 12.8 Å². The fraction of sp³-hybridized carbons (Fsp3) is 0.909. The Labute approximate surface area is 108 Å². The van der Waals surface area contributed by atoms with Crippen LogP contribution < -0.4 is 4.72 Å². The number of aliphatic carboxylic acids is 1. The summed E-state index contributed by atoms with van der Waals surface area (Å²) >= 11 is 0. The van der Waals surface area contributed by atoms with Gasteiger partial charge in [-0.05, 0) is 18.8 Å². The Morgan fingerprint density at radius 1 is 1.44 bits per heavy atom. The minimum atomic E-state index is -3.53. The summed E-state index contributed by atoms with van der Waals surface area (Å²) in [5.41, 5.74) is 0. The molecule has 0 saturated heterocycles. The topological polar surface area (TPSA) is 92.7 Å². The molecule has 0 heterocycles. The van der Waals surface area contributed by atoms with Crippen LogP contribution in [0.5, 0.6) is 0 Å². The van der Waals surface area contributed by atoms with Crippen molar-refractivity contribution in [3.63, 3.8) is 0 Å². The highest BCUT2D eigenvalue weighted by Gasteiger charge is 2.20. The average molecular weight is 279 g/mol. The number of ether oxygens (including phenoxy) is 1. The summed E-state index contributed by atoms with van der Waals surface area (Å²) in [6.45, 7) is 1.62. The monoisotopic (exact) mass is 279 g/mol. The molecule has 1 atom stereocenters. The predicted octanol–water partition coefficient (Wildman–Crippen LogP) is 0.586. The first-order chi connectivity index (χ1) is 8.39. The molecule has 0 aromatic heterocycles. The van der Waals surface area contributed by atoms with Crippen LogP contribution in [0.15, 0.2) is 0 Å². The summed E-state index contributed by atoms with van der Waals surface area (Å²) < 4.78 is 30.7. The summed E-state index contributed by atoms with van der Waals surface area (Å²) in [6, 6.07) is 0. The van der Waals surface area contributed by atoms with Gasteiger partial charge < -0.3 is 9.84 Å². The van der Waals surface area contributed by atoms with E-state index in [9.17, 15) is 13.2 Å². The zero-order valence-electron chi connectivity index (χ0n) is 10.6. The average Bonchev–Trinajstić information content (AvgIpc) is 2.76. The van der Waals surface area contributed by atoms with Gasteiger partial charge in [-0.25, -0.2) is 13.1 Å². The molecule has 7 heteroatoms. The van der Waals surface area contributed by atoms with Crippen LogP contribution in [0.1, 0.15) is 32.6 Å². The van der Waals surface area contributed by atoms with Crippen LogP contribution in [0.2, 0.25) is 0 Å². The summed E-state index contributed by atoms with van der Waals surface area (Å²) in [7, 11) is -3.53. The Bertz CT molecular complexity index is 362. The molecule has 106 valence electrons. The molecule has 1 rings (SSSR count). The lowest BCUT2D eigenvalue weighted by Crippen LogP contribution is -2.34. The second-order valence-electron chi connectivity index (χ2n) is 4.84. The van der Waals surface area contributed by atoms with Crippen molar-refractivity contribution in [3.8, 4) is 0 Å². The van der Waals surface area contributed by atoms with Crippen molar-refractivity contribution in [2.45, 2.75) is 38.7 Å². The summed E-state index contributed by atoms with van der Waals surface area (Å²) in [4.78, 5) is 10.3. The first-order valence-electron chi connectivity index (χ1n) is 6.20. The molecule has 0 radical (unpaired) electrons. The molecule has 0 aromatic rings. The maximum absolute atomic E-state index is 11.5. The van der Waals surface area contributed by atoms with E-state index >= 15 is 0 Å². The summed E-state index contributed by atoms with van der Waals surface area (Å²) in [5, 5.41) is 8.41. The maximum atomic E-state index is 11.5. The molecule has 1 unspecified atom stereocenters. The number of rotatable bonds is 8. The molecule has 0 spiro atoms. The number of hydrogen-bond acceptors (Lipinski definition) is 4. The molecule has 0 bridgehead atoms. The van der Waals surface area contributed by atoms with Gasteiger partial charge in [0.2, 0.25) is 10.0 Å². The molecule has 1 fully saturated rings. The van der Waals surface area contributed by atoms with Crippen LogP contribution >= 0.6 is 0 Å². The fourth-order valence-corrected chi connectivity index (χ4v) is 3.32. The fourth-order valence-electron chi connectivity index (χ4n) is 2.01. The Morgan fingerprint density at radius 2 is 2.06 bits per heavy atom. The Hall–Kier alpha value is -0.660. The first-order valence-corrected chi connectivity index (χ1v) is 7.85. The highest BCUT2D eigenvalue weighted by atomic mass is 32.2. The molecular formula is C11H21NO5S. The van der Waals surface area contributed by atoms with Gasteiger partial charge in [0.15, 0.2) is 0 Å². The van der Waals surface area contributed by atoms with Gasteiger partial charge >= 0.3 is 5.97 Å². The molecule has 2 N–H and O–H groups in total. The van der Waals surface area contributed by atoms with Gasteiger partial charge in [-0.1, -0.05) is 19.8 Å². The third-order valence-corrected chi connectivity index (χ3v) is 4.46. The zero-order chi connectivity index (χ0) is 13.6. The summed E-state index contributed by atoms with van der Waals surface area (Å²) in [6.07, 6.45) is 4.73. The Morgan fingerprint density at radius 3 is 2.61 bits per heavy atom. The van der Waals surface area contributed by atoms with Gasteiger partial charge in [0.05, 0.1) is 18.5 Å². The van der Waals surface area contributed by atoms with Gasteiger partial charge in [-0.15, -0.1) is 0 Å². The quantitative estimate of drug-likeness (QED) is 0.678. The van der Waals surface area contributed by atoms with E-state index in [4.69, 9.17) is 9.84 Å². The molecule has 0 aromatic carbocycles. The van der Waals surface area contributed by atoms with Crippen LogP contribution in [-0.2, 0) is 19.6 Å². The van der Waals surface area contributed by atoms with Crippen LogP contribution in [0.25, 0.3) is 0 Å². The van der Waals surface area contributed by atoms with Gasteiger partial charge in [0.1, 0.15) is 6.54 Å². The first kappa shape index (κ1) is 15.4. The third-order valence-electron chi connectivity index (χ3n) is 2.87. The van der Waals surface area contributed by atoms with Crippen LogP contribution in [0.3, 0.4) is 0 Å². The highest BCUT2D eigenvalue weighted by Crippen LogP contribution is 2.21. The van der Waals surface area contributed by atoms with E-state index in [-0.39, 0.29) is 17.8 Å². The maximum Gasteiger partial charge on any atom is 0.318 e. The van der Waals surface area contributed by atoms with E-state index in [1.54, 1.807) is 6.92 Å². The number of carbonyl (C=O) groups is 1.